The fourth-order valence-electron chi connectivity index (χ4n) is 4.31. The second-order valence-electron chi connectivity index (χ2n) is 10.1. The van der Waals surface area contributed by atoms with Gasteiger partial charge >= 0.3 is 19.4 Å². The summed E-state index contributed by atoms with van der Waals surface area (Å²) in [5.74, 6) is -0.878. The first-order chi connectivity index (χ1) is 20.2. The van der Waals surface area contributed by atoms with Gasteiger partial charge in [-0.05, 0) is 43.7 Å². The lowest BCUT2D eigenvalue weighted by Crippen LogP contribution is -2.53. The van der Waals surface area contributed by atoms with Gasteiger partial charge in [-0.3, -0.25) is 23.7 Å². The molecule has 43 heavy (non-hydrogen) atoms. The van der Waals surface area contributed by atoms with E-state index in [0.29, 0.717) is 9.95 Å². The third-order valence-corrected chi connectivity index (χ3v) is 8.38. The fraction of sp³-hybridized carbons (Fsp3) is 0.423. The van der Waals surface area contributed by atoms with Crippen LogP contribution in [0.25, 0.3) is 10.8 Å². The smallest absolute Gasteiger partial charge is 0.459 e. The predicted molar refractivity (Wildman–Crippen MR) is 149 cm³/mol. The van der Waals surface area contributed by atoms with Crippen LogP contribution in [0.15, 0.2) is 58.3 Å². The summed E-state index contributed by atoms with van der Waals surface area (Å²) in [5.41, 5.74) is -5.23. The first kappa shape index (κ1) is 32.7. The number of fused-ring (bicyclic) bond motifs is 1. The van der Waals surface area contributed by atoms with Crippen molar-refractivity contribution < 1.29 is 46.9 Å². The Morgan fingerprint density at radius 1 is 1.19 bits per heavy atom. The molecule has 0 amide bonds. The molecule has 1 aliphatic rings. The average molecular weight is 648 g/mol. The number of hydrogen-bond donors (Lipinski definition) is 4. The highest BCUT2D eigenvalue weighted by molar-refractivity contribution is 7.52. The van der Waals surface area contributed by atoms with Gasteiger partial charge in [-0.1, -0.05) is 41.9 Å². The van der Waals surface area contributed by atoms with Crippen molar-refractivity contribution in [2.24, 2.45) is 0 Å². The molecule has 3 aromatic rings. The molecule has 2 heterocycles. The molecule has 0 saturated carbocycles. The van der Waals surface area contributed by atoms with Crippen molar-refractivity contribution in [2.45, 2.75) is 63.4 Å². The number of rotatable bonds is 11. The average Bonchev–Trinajstić information content (AvgIpc) is 3.19. The van der Waals surface area contributed by atoms with E-state index >= 15 is 0 Å². The highest BCUT2D eigenvalue weighted by Crippen LogP contribution is 2.49. The minimum Gasteiger partial charge on any atom is -0.462 e. The number of aliphatic hydroxyl groups is 2. The summed E-state index contributed by atoms with van der Waals surface area (Å²) in [6.45, 7) is 3.08. The first-order valence-electron chi connectivity index (χ1n) is 12.9. The van der Waals surface area contributed by atoms with Gasteiger partial charge in [-0.15, -0.1) is 0 Å². The topological polar surface area (TPSA) is 178 Å². The normalized spacial score (nSPS) is 24.3. The van der Waals surface area contributed by atoms with E-state index in [1.54, 1.807) is 38.1 Å². The lowest BCUT2D eigenvalue weighted by Gasteiger charge is -2.32. The highest BCUT2D eigenvalue weighted by atomic mass is 35.5. The Bertz CT molecular complexity index is 1650. The van der Waals surface area contributed by atoms with Gasteiger partial charge in [0, 0.05) is 6.20 Å². The van der Waals surface area contributed by atoms with E-state index in [9.17, 15) is 37.9 Å². The molecule has 4 N–H and O–H groups in total. The third kappa shape index (κ3) is 6.99. The Morgan fingerprint density at radius 2 is 1.86 bits per heavy atom. The summed E-state index contributed by atoms with van der Waals surface area (Å²) in [5, 5.41) is 24.6. The largest absolute Gasteiger partial charge is 0.462 e. The van der Waals surface area contributed by atoms with Crippen LogP contribution < -0.4 is 20.9 Å². The molecule has 1 fully saturated rings. The van der Waals surface area contributed by atoms with Crippen molar-refractivity contribution in [3.8, 4) is 5.75 Å². The Labute approximate surface area is 247 Å². The van der Waals surface area contributed by atoms with E-state index in [1.807, 2.05) is 11.1 Å². The molecule has 234 valence electrons. The van der Waals surface area contributed by atoms with Crippen molar-refractivity contribution in [1.29, 1.82) is 0 Å². The number of H-pyrrole nitrogens is 1. The molecule has 0 aliphatic carbocycles. The Hall–Kier alpha value is -3.17. The number of halogens is 3. The summed E-state index contributed by atoms with van der Waals surface area (Å²) in [6, 6.07) is 10.4. The fourth-order valence-corrected chi connectivity index (χ4v) is 5.98. The standard InChI is InChI=1S/C26H29ClF2N3O10P/c1-13(2)40-23(36)14(3)31-43(38,42-17-9-8-15-6-4-5-7-16(15)10-17)39-12-26(24(28)29)20(34)19(33)22(41-26)32-11-18(27)21(35)30-25(32)37/h4-11,13-14,19-20,22,24,33-34H,12H2,1-3H3,(H,31,38)(H,30,35,37). The maximum atomic E-state index is 14.6. The number of carbonyl (C=O) groups excluding carboxylic acids is 1. The van der Waals surface area contributed by atoms with Gasteiger partial charge in [-0.2, -0.15) is 5.09 Å². The summed E-state index contributed by atoms with van der Waals surface area (Å²) >= 11 is 5.75. The predicted octanol–water partition coefficient (Wildman–Crippen LogP) is 2.73. The number of nitrogens with zero attached hydrogens (tertiary/aromatic N) is 1. The van der Waals surface area contributed by atoms with Gasteiger partial charge in [0.2, 0.25) is 0 Å². The molecular formula is C26H29ClF2N3O10P. The number of ether oxygens (including phenoxy) is 2. The molecule has 1 aromatic heterocycles. The van der Waals surface area contributed by atoms with E-state index in [-0.39, 0.29) is 5.75 Å². The van der Waals surface area contributed by atoms with E-state index in [0.717, 1.165) is 11.6 Å². The van der Waals surface area contributed by atoms with Crippen LogP contribution in [0.5, 0.6) is 5.75 Å². The molecule has 13 nitrogen and oxygen atoms in total. The second-order valence-corrected chi connectivity index (χ2v) is 12.2. The van der Waals surface area contributed by atoms with Crippen molar-refractivity contribution in [3.63, 3.8) is 0 Å². The molecule has 4 rings (SSSR count). The monoisotopic (exact) mass is 647 g/mol. The highest BCUT2D eigenvalue weighted by Gasteiger charge is 2.61. The number of carbonyl (C=O) groups is 1. The lowest BCUT2D eigenvalue weighted by atomic mass is 9.96. The summed E-state index contributed by atoms with van der Waals surface area (Å²) in [4.78, 5) is 38.3. The van der Waals surface area contributed by atoms with Crippen LogP contribution in [0.4, 0.5) is 8.78 Å². The van der Waals surface area contributed by atoms with Gasteiger partial charge in [0.1, 0.15) is 29.0 Å². The van der Waals surface area contributed by atoms with Crippen molar-refractivity contribution in [1.82, 2.24) is 14.6 Å². The zero-order valence-corrected chi connectivity index (χ0v) is 24.6. The zero-order valence-electron chi connectivity index (χ0n) is 23.0. The molecule has 1 saturated heterocycles. The maximum absolute atomic E-state index is 14.6. The molecule has 6 unspecified atom stereocenters. The molecule has 1 aliphatic heterocycles. The van der Waals surface area contributed by atoms with Gasteiger partial charge < -0.3 is 24.2 Å². The number of alkyl halides is 2. The molecule has 2 aromatic carbocycles. The van der Waals surface area contributed by atoms with Gasteiger partial charge in [0.15, 0.2) is 11.8 Å². The van der Waals surface area contributed by atoms with E-state index in [1.165, 1.54) is 19.1 Å². The SMILES string of the molecule is CC(C)OC(=O)C(C)NP(=O)(OCC1(C(F)F)OC(n2cc(Cl)c(=O)[nH]c2=O)C(O)C1O)Oc1ccc2ccccc2c1. The van der Waals surface area contributed by atoms with Gasteiger partial charge in [0.05, 0.1) is 12.7 Å². The molecule has 6 atom stereocenters. The van der Waals surface area contributed by atoms with Crippen molar-refractivity contribution in [3.05, 3.63) is 74.5 Å². The number of hydrogen-bond acceptors (Lipinski definition) is 10. The maximum Gasteiger partial charge on any atom is 0.459 e. The lowest BCUT2D eigenvalue weighted by molar-refractivity contribution is -0.192. The summed E-state index contributed by atoms with van der Waals surface area (Å²) < 4.78 is 65.1. The minimum atomic E-state index is -4.76. The number of aromatic nitrogens is 2. The van der Waals surface area contributed by atoms with Crippen LogP contribution >= 0.6 is 19.3 Å². The molecule has 0 bridgehead atoms. The van der Waals surface area contributed by atoms with E-state index in [2.05, 4.69) is 5.09 Å². The number of nitrogens with one attached hydrogen (secondary N) is 2. The molecule has 17 heteroatoms. The summed E-state index contributed by atoms with van der Waals surface area (Å²) in [6.07, 6.45) is -9.93. The van der Waals surface area contributed by atoms with Crippen LogP contribution in [-0.4, -0.2) is 68.7 Å². The molecule has 0 spiro atoms. The first-order valence-corrected chi connectivity index (χ1v) is 14.8. The van der Waals surface area contributed by atoms with Gasteiger partial charge in [-0.25, -0.2) is 18.1 Å². The van der Waals surface area contributed by atoms with Crippen LogP contribution in [0.3, 0.4) is 0 Å². The number of aliphatic hydroxyl groups excluding tert-OH is 2. The number of benzene rings is 2. The summed E-state index contributed by atoms with van der Waals surface area (Å²) in [7, 11) is -4.76. The Balaban J connectivity index is 1.66. The van der Waals surface area contributed by atoms with E-state index < -0.39 is 79.2 Å². The van der Waals surface area contributed by atoms with Crippen LogP contribution in [-0.2, 0) is 23.4 Å². The second kappa shape index (κ2) is 12.8. The van der Waals surface area contributed by atoms with Crippen LogP contribution in [0.1, 0.15) is 27.0 Å². The van der Waals surface area contributed by atoms with Crippen LogP contribution in [0.2, 0.25) is 5.02 Å². The zero-order chi connectivity index (χ0) is 31.7. The van der Waals surface area contributed by atoms with Crippen molar-refractivity contribution >= 4 is 36.1 Å². The Kier molecular flexibility index (Phi) is 9.76. The Morgan fingerprint density at radius 3 is 2.51 bits per heavy atom. The van der Waals surface area contributed by atoms with Gasteiger partial charge in [0.25, 0.3) is 12.0 Å². The van der Waals surface area contributed by atoms with E-state index in [4.69, 9.17) is 30.1 Å². The van der Waals surface area contributed by atoms with Crippen molar-refractivity contribution in [2.75, 3.05) is 6.61 Å². The number of aromatic amines is 1. The molecule has 0 radical (unpaired) electrons. The number of esters is 1. The minimum absolute atomic E-state index is 0.0229. The quantitative estimate of drug-likeness (QED) is 0.178. The third-order valence-electron chi connectivity index (χ3n) is 6.49. The van der Waals surface area contributed by atoms with Crippen LogP contribution in [0, 0.1) is 0 Å². The molecular weight excluding hydrogens is 619 g/mol.